The first-order valence-corrected chi connectivity index (χ1v) is 8.46. The number of hydrogen-bond acceptors (Lipinski definition) is 4. The van der Waals surface area contributed by atoms with Crippen LogP contribution in [0.2, 0.25) is 0 Å². The standard InChI is InChI=1S/C18H18N4OS/c1-11-9-22-6-5-12(7-15(22)20-11)16(23)21-17-13(8-19)14(10-24-17)18(2,3)4/h5-7,9-10H,1-4H3,(H,21,23). The molecule has 122 valence electrons. The van der Waals surface area contributed by atoms with Crippen LogP contribution >= 0.6 is 11.3 Å². The van der Waals surface area contributed by atoms with Gasteiger partial charge >= 0.3 is 0 Å². The first-order valence-electron chi connectivity index (χ1n) is 7.58. The Morgan fingerprint density at radius 3 is 2.83 bits per heavy atom. The SMILES string of the molecule is Cc1cn2ccc(C(=O)Nc3scc(C(C)(C)C)c3C#N)cc2n1. The molecule has 0 spiro atoms. The molecule has 0 aliphatic carbocycles. The molecule has 0 fully saturated rings. The molecule has 6 heteroatoms. The number of hydrogen-bond donors (Lipinski definition) is 1. The number of nitriles is 1. The Morgan fingerprint density at radius 2 is 2.17 bits per heavy atom. The number of anilines is 1. The Balaban J connectivity index is 1.91. The first-order chi connectivity index (χ1) is 11.3. The second-order valence-electron chi connectivity index (χ2n) is 6.73. The Hall–Kier alpha value is -2.65. The van der Waals surface area contributed by atoms with Crippen molar-refractivity contribution in [2.75, 3.05) is 5.32 Å². The van der Waals surface area contributed by atoms with E-state index in [1.807, 2.05) is 29.1 Å². The summed E-state index contributed by atoms with van der Waals surface area (Å²) < 4.78 is 1.87. The number of pyridine rings is 1. The Labute approximate surface area is 144 Å². The van der Waals surface area contributed by atoms with E-state index in [9.17, 15) is 10.1 Å². The molecule has 3 aromatic heterocycles. The molecule has 0 aliphatic rings. The molecule has 3 aromatic rings. The van der Waals surface area contributed by atoms with Gasteiger partial charge in [0.25, 0.3) is 5.91 Å². The minimum atomic E-state index is -0.239. The Kier molecular flexibility index (Phi) is 3.90. The van der Waals surface area contributed by atoms with Crippen LogP contribution in [0.25, 0.3) is 5.65 Å². The minimum absolute atomic E-state index is 0.142. The van der Waals surface area contributed by atoms with Gasteiger partial charge in [-0.05, 0) is 35.4 Å². The smallest absolute Gasteiger partial charge is 0.256 e. The van der Waals surface area contributed by atoms with Crippen molar-refractivity contribution in [3.05, 3.63) is 52.3 Å². The summed E-state index contributed by atoms with van der Waals surface area (Å²) in [5, 5.41) is 14.9. The summed E-state index contributed by atoms with van der Waals surface area (Å²) in [4.78, 5) is 16.9. The van der Waals surface area contributed by atoms with Gasteiger partial charge in [-0.15, -0.1) is 11.3 Å². The van der Waals surface area contributed by atoms with Crippen LogP contribution in [-0.4, -0.2) is 15.3 Å². The van der Waals surface area contributed by atoms with Crippen LogP contribution in [0.1, 0.15) is 48.0 Å². The zero-order valence-corrected chi connectivity index (χ0v) is 14.9. The third kappa shape index (κ3) is 2.91. The van der Waals surface area contributed by atoms with Gasteiger partial charge in [-0.3, -0.25) is 4.79 Å². The highest BCUT2D eigenvalue weighted by Gasteiger charge is 2.23. The lowest BCUT2D eigenvalue weighted by Crippen LogP contribution is -2.14. The molecule has 0 aliphatic heterocycles. The molecule has 3 rings (SSSR count). The summed E-state index contributed by atoms with van der Waals surface area (Å²) in [7, 11) is 0. The maximum Gasteiger partial charge on any atom is 0.256 e. The predicted molar refractivity (Wildman–Crippen MR) is 95.6 cm³/mol. The lowest BCUT2D eigenvalue weighted by Gasteiger charge is -2.17. The lowest BCUT2D eigenvalue weighted by molar-refractivity contribution is 0.102. The summed E-state index contributed by atoms with van der Waals surface area (Å²) in [5.74, 6) is -0.239. The Bertz CT molecular complexity index is 969. The van der Waals surface area contributed by atoms with Crippen molar-refractivity contribution in [2.45, 2.75) is 33.1 Å². The van der Waals surface area contributed by atoms with Crippen LogP contribution < -0.4 is 5.32 Å². The van der Waals surface area contributed by atoms with E-state index < -0.39 is 0 Å². The number of fused-ring (bicyclic) bond motifs is 1. The highest BCUT2D eigenvalue weighted by Crippen LogP contribution is 2.35. The van der Waals surface area contributed by atoms with Gasteiger partial charge in [0, 0.05) is 18.0 Å². The summed E-state index contributed by atoms with van der Waals surface area (Å²) in [6, 6.07) is 5.71. The number of nitrogens with zero attached hydrogens (tertiary/aromatic N) is 3. The summed E-state index contributed by atoms with van der Waals surface area (Å²) >= 11 is 1.38. The summed E-state index contributed by atoms with van der Waals surface area (Å²) in [6.07, 6.45) is 3.71. The quantitative estimate of drug-likeness (QED) is 0.764. The summed E-state index contributed by atoms with van der Waals surface area (Å²) in [6.45, 7) is 8.06. The molecule has 24 heavy (non-hydrogen) atoms. The molecule has 0 atom stereocenters. The number of carbonyl (C=O) groups is 1. The van der Waals surface area contributed by atoms with Gasteiger partial charge in [-0.25, -0.2) is 4.98 Å². The van der Waals surface area contributed by atoms with Crippen molar-refractivity contribution in [1.82, 2.24) is 9.38 Å². The summed E-state index contributed by atoms with van der Waals surface area (Å²) in [5.41, 5.74) is 3.48. The van der Waals surface area contributed by atoms with E-state index in [1.165, 1.54) is 11.3 Å². The average molecular weight is 338 g/mol. The zero-order chi connectivity index (χ0) is 17.5. The number of amides is 1. The van der Waals surface area contributed by atoms with Gasteiger partial charge in [0.05, 0.1) is 11.3 Å². The molecule has 0 unspecified atom stereocenters. The number of nitrogens with one attached hydrogen (secondary N) is 1. The van der Waals surface area contributed by atoms with Gasteiger partial charge in [0.1, 0.15) is 16.7 Å². The van der Waals surface area contributed by atoms with E-state index in [4.69, 9.17) is 0 Å². The monoisotopic (exact) mass is 338 g/mol. The zero-order valence-electron chi connectivity index (χ0n) is 14.0. The van der Waals surface area contributed by atoms with E-state index in [2.05, 4.69) is 37.1 Å². The van der Waals surface area contributed by atoms with Crippen LogP contribution in [0.15, 0.2) is 29.9 Å². The van der Waals surface area contributed by atoms with E-state index >= 15 is 0 Å². The van der Waals surface area contributed by atoms with E-state index in [-0.39, 0.29) is 11.3 Å². The van der Waals surface area contributed by atoms with Gasteiger partial charge in [-0.1, -0.05) is 20.8 Å². The molecular weight excluding hydrogens is 320 g/mol. The molecule has 3 heterocycles. The normalized spacial score (nSPS) is 11.5. The van der Waals surface area contributed by atoms with E-state index in [0.717, 1.165) is 16.9 Å². The predicted octanol–water partition coefficient (Wildman–Crippen LogP) is 4.13. The largest absolute Gasteiger partial charge is 0.312 e. The van der Waals surface area contributed by atoms with Gasteiger partial charge in [-0.2, -0.15) is 5.26 Å². The fraction of sp³-hybridized carbons (Fsp3) is 0.278. The maximum absolute atomic E-state index is 12.5. The van der Waals surface area contributed by atoms with Gasteiger partial charge < -0.3 is 9.72 Å². The highest BCUT2D eigenvalue weighted by atomic mass is 32.1. The third-order valence-electron chi connectivity index (χ3n) is 3.78. The van der Waals surface area contributed by atoms with Crippen molar-refractivity contribution in [3.63, 3.8) is 0 Å². The van der Waals surface area contributed by atoms with Crippen LogP contribution in [0.5, 0.6) is 0 Å². The molecule has 5 nitrogen and oxygen atoms in total. The van der Waals surface area contributed by atoms with E-state index in [0.29, 0.717) is 16.1 Å². The molecule has 0 saturated carbocycles. The highest BCUT2D eigenvalue weighted by molar-refractivity contribution is 7.14. The minimum Gasteiger partial charge on any atom is -0.312 e. The second-order valence-corrected chi connectivity index (χ2v) is 7.61. The second kappa shape index (κ2) is 5.77. The number of imidazole rings is 1. The molecule has 0 aromatic carbocycles. The number of aromatic nitrogens is 2. The van der Waals surface area contributed by atoms with Crippen molar-refractivity contribution in [1.29, 1.82) is 5.26 Å². The number of rotatable bonds is 2. The Morgan fingerprint density at radius 1 is 1.42 bits per heavy atom. The topological polar surface area (TPSA) is 70.2 Å². The lowest BCUT2D eigenvalue weighted by atomic mass is 9.86. The van der Waals surface area contributed by atoms with Crippen LogP contribution in [-0.2, 0) is 5.41 Å². The third-order valence-corrected chi connectivity index (χ3v) is 4.68. The molecule has 0 saturated heterocycles. The van der Waals surface area contributed by atoms with Crippen molar-refractivity contribution in [2.24, 2.45) is 0 Å². The molecule has 0 bridgehead atoms. The molecular formula is C18H18N4OS. The van der Waals surface area contributed by atoms with Crippen LogP contribution in [0, 0.1) is 18.3 Å². The van der Waals surface area contributed by atoms with Crippen LogP contribution in [0.4, 0.5) is 5.00 Å². The van der Waals surface area contributed by atoms with Crippen molar-refractivity contribution >= 4 is 27.9 Å². The fourth-order valence-corrected chi connectivity index (χ4v) is 3.67. The fourth-order valence-electron chi connectivity index (χ4n) is 2.54. The van der Waals surface area contributed by atoms with Crippen molar-refractivity contribution < 1.29 is 4.79 Å². The maximum atomic E-state index is 12.5. The van der Waals surface area contributed by atoms with Gasteiger partial charge in [0.15, 0.2) is 0 Å². The first kappa shape index (κ1) is 16.2. The van der Waals surface area contributed by atoms with Crippen LogP contribution in [0.3, 0.4) is 0 Å². The van der Waals surface area contributed by atoms with Gasteiger partial charge in [0.2, 0.25) is 0 Å². The molecule has 1 N–H and O–H groups in total. The molecule has 1 amide bonds. The van der Waals surface area contributed by atoms with Crippen molar-refractivity contribution in [3.8, 4) is 6.07 Å². The molecule has 0 radical (unpaired) electrons. The van der Waals surface area contributed by atoms with E-state index in [1.54, 1.807) is 12.1 Å². The number of thiophene rings is 1. The number of carbonyl (C=O) groups excluding carboxylic acids is 1. The average Bonchev–Trinajstić information content (AvgIpc) is 3.07. The number of aryl methyl sites for hydroxylation is 1.